The first-order valence-corrected chi connectivity index (χ1v) is 10.2. The molecule has 1 heterocycles. The van der Waals surface area contributed by atoms with Crippen molar-refractivity contribution in [2.45, 2.75) is 13.0 Å². The molecule has 154 valence electrons. The minimum atomic E-state index is -0.368. The van der Waals surface area contributed by atoms with Gasteiger partial charge in [-0.1, -0.05) is 53.5 Å². The molecular weight excluding hydrogens is 413 g/mol. The molecule has 2 aromatic carbocycles. The summed E-state index contributed by atoms with van der Waals surface area (Å²) < 4.78 is 5.40. The van der Waals surface area contributed by atoms with Crippen LogP contribution in [0.4, 0.5) is 10.5 Å². The summed E-state index contributed by atoms with van der Waals surface area (Å²) in [4.78, 5) is 28.4. The average Bonchev–Trinajstić information content (AvgIpc) is 2.94. The van der Waals surface area contributed by atoms with Crippen LogP contribution in [0.15, 0.2) is 48.5 Å². The van der Waals surface area contributed by atoms with E-state index in [0.29, 0.717) is 35.4 Å². The smallest absolute Gasteiger partial charge is 0.410 e. The Hall–Kier alpha value is -2.28. The van der Waals surface area contributed by atoms with Gasteiger partial charge >= 0.3 is 6.09 Å². The predicted octanol–water partition coefficient (Wildman–Crippen LogP) is 4.28. The van der Waals surface area contributed by atoms with Gasteiger partial charge in [0.05, 0.1) is 17.3 Å². The van der Waals surface area contributed by atoms with Gasteiger partial charge in [-0.25, -0.2) is 4.79 Å². The van der Waals surface area contributed by atoms with E-state index >= 15 is 0 Å². The number of ether oxygens (including phenoxy) is 1. The largest absolute Gasteiger partial charge is 0.444 e. The fourth-order valence-corrected chi connectivity index (χ4v) is 3.49. The molecule has 0 aliphatic carbocycles. The van der Waals surface area contributed by atoms with Crippen molar-refractivity contribution < 1.29 is 14.3 Å². The normalized spacial score (nSPS) is 14.9. The predicted molar refractivity (Wildman–Crippen MR) is 114 cm³/mol. The fraction of sp³-hybridized carbons (Fsp3) is 0.333. The summed E-state index contributed by atoms with van der Waals surface area (Å²) >= 11 is 12.2. The average molecular weight is 436 g/mol. The topological polar surface area (TPSA) is 61.9 Å². The quantitative estimate of drug-likeness (QED) is 0.761. The molecular formula is C21H23Cl2N3O3. The highest BCUT2D eigenvalue weighted by Gasteiger charge is 2.22. The molecule has 0 bridgehead atoms. The van der Waals surface area contributed by atoms with Crippen molar-refractivity contribution in [3.8, 4) is 0 Å². The molecule has 0 aromatic heterocycles. The molecule has 29 heavy (non-hydrogen) atoms. The van der Waals surface area contributed by atoms with Crippen molar-refractivity contribution in [2.24, 2.45) is 0 Å². The van der Waals surface area contributed by atoms with Gasteiger partial charge in [-0.15, -0.1) is 0 Å². The van der Waals surface area contributed by atoms with Crippen LogP contribution in [-0.4, -0.2) is 54.5 Å². The summed E-state index contributed by atoms with van der Waals surface area (Å²) in [5, 5.41) is 3.91. The summed E-state index contributed by atoms with van der Waals surface area (Å²) in [7, 11) is 0. The van der Waals surface area contributed by atoms with Crippen LogP contribution in [0.2, 0.25) is 10.0 Å². The van der Waals surface area contributed by atoms with Gasteiger partial charge in [0.25, 0.3) is 0 Å². The monoisotopic (exact) mass is 435 g/mol. The Kier molecular flexibility index (Phi) is 7.75. The lowest BCUT2D eigenvalue weighted by atomic mass is 10.2. The van der Waals surface area contributed by atoms with E-state index < -0.39 is 0 Å². The number of amides is 2. The van der Waals surface area contributed by atoms with Gasteiger partial charge in [0.2, 0.25) is 5.91 Å². The van der Waals surface area contributed by atoms with E-state index in [1.807, 2.05) is 35.2 Å². The number of hydrogen-bond acceptors (Lipinski definition) is 4. The number of benzene rings is 2. The maximum absolute atomic E-state index is 12.4. The first kappa shape index (κ1) is 21.4. The Morgan fingerprint density at radius 3 is 2.41 bits per heavy atom. The molecule has 0 spiro atoms. The van der Waals surface area contributed by atoms with E-state index in [2.05, 4.69) is 5.32 Å². The molecule has 1 fully saturated rings. The molecule has 0 saturated carbocycles. The van der Waals surface area contributed by atoms with Gasteiger partial charge in [0, 0.05) is 36.8 Å². The summed E-state index contributed by atoms with van der Waals surface area (Å²) in [6.45, 7) is 2.79. The van der Waals surface area contributed by atoms with Crippen LogP contribution in [0.1, 0.15) is 12.0 Å². The highest BCUT2D eigenvalue weighted by Crippen LogP contribution is 2.20. The van der Waals surface area contributed by atoms with Crippen molar-refractivity contribution in [2.75, 3.05) is 38.0 Å². The molecule has 1 saturated heterocycles. The van der Waals surface area contributed by atoms with Gasteiger partial charge in [-0.2, -0.15) is 0 Å². The zero-order valence-corrected chi connectivity index (χ0v) is 17.5. The van der Waals surface area contributed by atoms with Crippen molar-refractivity contribution in [1.29, 1.82) is 0 Å². The molecule has 2 aromatic rings. The summed E-state index contributed by atoms with van der Waals surface area (Å²) in [6, 6.07) is 14.4. The first-order chi connectivity index (χ1) is 14.0. The molecule has 0 unspecified atom stereocenters. The minimum Gasteiger partial charge on any atom is -0.444 e. The van der Waals surface area contributed by atoms with Gasteiger partial charge < -0.3 is 15.0 Å². The zero-order chi connectivity index (χ0) is 20.6. The Balaban J connectivity index is 1.46. The van der Waals surface area contributed by atoms with Gasteiger partial charge in [-0.3, -0.25) is 9.69 Å². The molecule has 1 aliphatic rings. The highest BCUT2D eigenvalue weighted by molar-refractivity contribution is 6.33. The minimum absolute atomic E-state index is 0.132. The lowest BCUT2D eigenvalue weighted by Crippen LogP contribution is -2.38. The standard InChI is InChI=1S/C21H23Cl2N3O3/c22-17-7-2-1-6-16(17)15-29-21(28)26-11-5-10-25(12-13-26)14-20(27)24-19-9-4-3-8-18(19)23/h1-4,6-9H,5,10-15H2,(H,24,27). The van der Waals surface area contributed by atoms with E-state index in [-0.39, 0.29) is 25.2 Å². The van der Waals surface area contributed by atoms with E-state index in [1.54, 1.807) is 23.1 Å². The second-order valence-corrected chi connectivity index (χ2v) is 7.61. The molecule has 1 N–H and O–H groups in total. The number of carbonyl (C=O) groups is 2. The van der Waals surface area contributed by atoms with E-state index in [0.717, 1.165) is 18.5 Å². The number of hydrogen-bond donors (Lipinski definition) is 1. The molecule has 1 aliphatic heterocycles. The second kappa shape index (κ2) is 10.5. The van der Waals surface area contributed by atoms with Crippen LogP contribution < -0.4 is 5.32 Å². The molecule has 0 atom stereocenters. The van der Waals surface area contributed by atoms with Crippen LogP contribution in [-0.2, 0) is 16.1 Å². The molecule has 0 radical (unpaired) electrons. The number of halogens is 2. The van der Waals surface area contributed by atoms with Crippen molar-refractivity contribution >= 4 is 40.9 Å². The Labute approximate surface area is 180 Å². The van der Waals surface area contributed by atoms with Crippen LogP contribution in [0.3, 0.4) is 0 Å². The number of anilines is 1. The van der Waals surface area contributed by atoms with Crippen molar-refractivity contribution in [3.63, 3.8) is 0 Å². The van der Waals surface area contributed by atoms with E-state index in [4.69, 9.17) is 27.9 Å². The number of nitrogens with zero attached hydrogens (tertiary/aromatic N) is 2. The summed E-state index contributed by atoms with van der Waals surface area (Å²) in [5.74, 6) is -0.132. The molecule has 2 amide bonds. The van der Waals surface area contributed by atoms with E-state index in [9.17, 15) is 9.59 Å². The van der Waals surface area contributed by atoms with E-state index in [1.165, 1.54) is 0 Å². The van der Waals surface area contributed by atoms with Crippen molar-refractivity contribution in [1.82, 2.24) is 9.80 Å². The number of rotatable bonds is 5. The van der Waals surface area contributed by atoms with Crippen LogP contribution in [0.5, 0.6) is 0 Å². The lowest BCUT2D eigenvalue weighted by Gasteiger charge is -2.21. The third-order valence-corrected chi connectivity index (χ3v) is 5.37. The van der Waals surface area contributed by atoms with Gasteiger partial charge in [0.15, 0.2) is 0 Å². The first-order valence-electron chi connectivity index (χ1n) is 9.45. The molecule has 3 rings (SSSR count). The Bertz CT molecular complexity index is 863. The van der Waals surface area contributed by atoms with Crippen LogP contribution >= 0.6 is 23.2 Å². The highest BCUT2D eigenvalue weighted by atomic mass is 35.5. The number of nitrogens with one attached hydrogen (secondary N) is 1. The van der Waals surface area contributed by atoms with Crippen LogP contribution in [0, 0.1) is 0 Å². The van der Waals surface area contributed by atoms with Gasteiger partial charge in [-0.05, 0) is 24.6 Å². The third kappa shape index (κ3) is 6.35. The molecule has 6 nitrogen and oxygen atoms in total. The lowest BCUT2D eigenvalue weighted by molar-refractivity contribution is -0.117. The zero-order valence-electron chi connectivity index (χ0n) is 15.9. The summed E-state index contributed by atoms with van der Waals surface area (Å²) in [5.41, 5.74) is 1.37. The molecule has 8 heteroatoms. The summed E-state index contributed by atoms with van der Waals surface area (Å²) in [6.07, 6.45) is 0.396. The maximum atomic E-state index is 12.4. The SMILES string of the molecule is O=C(CN1CCCN(C(=O)OCc2ccccc2Cl)CC1)Nc1ccccc1Cl. The van der Waals surface area contributed by atoms with Crippen molar-refractivity contribution in [3.05, 3.63) is 64.1 Å². The fourth-order valence-electron chi connectivity index (χ4n) is 3.11. The maximum Gasteiger partial charge on any atom is 0.410 e. The number of carbonyl (C=O) groups excluding carboxylic acids is 2. The van der Waals surface area contributed by atoms with Crippen LogP contribution in [0.25, 0.3) is 0 Å². The number of para-hydroxylation sites is 1. The Morgan fingerprint density at radius 1 is 0.931 bits per heavy atom. The third-order valence-electron chi connectivity index (χ3n) is 4.67. The Morgan fingerprint density at radius 2 is 1.66 bits per heavy atom. The second-order valence-electron chi connectivity index (χ2n) is 6.79. The van der Waals surface area contributed by atoms with Gasteiger partial charge in [0.1, 0.15) is 6.61 Å².